The number of carboxylic acid groups (broad SMARTS) is 1. The average Bonchev–Trinajstić information content (AvgIpc) is 2.71. The molecule has 3 unspecified atom stereocenters. The van der Waals surface area contributed by atoms with Crippen LogP contribution in [0.3, 0.4) is 0 Å². The maximum atomic E-state index is 11.0. The number of phenols is 1. The van der Waals surface area contributed by atoms with E-state index in [4.69, 9.17) is 14.6 Å². The first kappa shape index (κ1) is 26.5. The third kappa shape index (κ3) is 6.40. The maximum absolute atomic E-state index is 11.0. The first-order chi connectivity index (χ1) is 15.0. The van der Waals surface area contributed by atoms with Crippen LogP contribution in [0.4, 0.5) is 0 Å². The molecule has 1 heterocycles. The number of phenolic OH excluding ortho intramolecular Hbond substituents is 1. The normalized spacial score (nSPS) is 25.3. The molecule has 0 amide bonds. The molecular weight excluding hydrogens is 402 g/mol. The molecule has 0 radical (unpaired) electrons. The molecule has 1 aliphatic carbocycles. The first-order valence-electron chi connectivity index (χ1n) is 12.4. The molecule has 1 aromatic carbocycles. The summed E-state index contributed by atoms with van der Waals surface area (Å²) in [6, 6.07) is 4.79. The van der Waals surface area contributed by atoms with Crippen LogP contribution in [0.1, 0.15) is 109 Å². The van der Waals surface area contributed by atoms with Gasteiger partial charge in [-0.05, 0) is 75.6 Å². The van der Waals surface area contributed by atoms with Crippen molar-refractivity contribution in [3.8, 4) is 11.5 Å². The van der Waals surface area contributed by atoms with Gasteiger partial charge < -0.3 is 20.3 Å². The quantitative estimate of drug-likeness (QED) is 0.419. The number of aliphatic carboxylic acids is 1. The van der Waals surface area contributed by atoms with Gasteiger partial charge in [-0.25, -0.2) is 0 Å². The van der Waals surface area contributed by atoms with Crippen LogP contribution in [0.2, 0.25) is 0 Å². The molecule has 5 heteroatoms. The summed E-state index contributed by atoms with van der Waals surface area (Å²) in [5.74, 6) is 2.40. The Kier molecular flexibility index (Phi) is 9.44. The molecule has 5 nitrogen and oxygen atoms in total. The van der Waals surface area contributed by atoms with E-state index in [1.54, 1.807) is 0 Å². The summed E-state index contributed by atoms with van der Waals surface area (Å²) < 4.78 is 6.53. The summed E-state index contributed by atoms with van der Waals surface area (Å²) in [7, 11) is 2.06. The lowest BCUT2D eigenvalue weighted by Crippen LogP contribution is -2.49. The highest BCUT2D eigenvalue weighted by Crippen LogP contribution is 2.55. The van der Waals surface area contributed by atoms with Crippen molar-refractivity contribution in [3.05, 3.63) is 23.3 Å². The number of hydrogen-bond acceptors (Lipinski definition) is 4. The summed E-state index contributed by atoms with van der Waals surface area (Å²) in [5.41, 5.74) is 2.09. The number of rotatable bonds is 7. The summed E-state index contributed by atoms with van der Waals surface area (Å²) in [6.45, 7) is 12.4. The number of fused-ring (bicyclic) bond motifs is 3. The topological polar surface area (TPSA) is 78.8 Å². The number of benzene rings is 1. The second-order valence-electron chi connectivity index (χ2n) is 10.4. The Morgan fingerprint density at radius 3 is 2.50 bits per heavy atom. The van der Waals surface area contributed by atoms with E-state index < -0.39 is 5.97 Å². The molecular formula is C27H45NO4. The SMILES string of the molecule is CC(=O)O.CCCCCC(C)C(C)c1cc(O)c2c(c1)OC(C)(C)[C@H]1CCC(NC)C[C@@H]21. The highest BCUT2D eigenvalue weighted by atomic mass is 16.5. The van der Waals surface area contributed by atoms with Gasteiger partial charge in [0.25, 0.3) is 5.97 Å². The van der Waals surface area contributed by atoms with Gasteiger partial charge in [0, 0.05) is 24.4 Å². The predicted octanol–water partition coefficient (Wildman–Crippen LogP) is 6.45. The monoisotopic (exact) mass is 447 g/mol. The van der Waals surface area contributed by atoms with Gasteiger partial charge in [-0.3, -0.25) is 4.79 Å². The van der Waals surface area contributed by atoms with E-state index in [9.17, 15) is 5.11 Å². The molecule has 182 valence electrons. The minimum Gasteiger partial charge on any atom is -0.508 e. The lowest BCUT2D eigenvalue weighted by atomic mass is 9.65. The summed E-state index contributed by atoms with van der Waals surface area (Å²) in [6.07, 6.45) is 8.52. The third-order valence-corrected chi connectivity index (χ3v) is 7.68. The fraction of sp³-hybridized carbons (Fsp3) is 0.741. The summed E-state index contributed by atoms with van der Waals surface area (Å²) >= 11 is 0. The molecule has 0 bridgehead atoms. The van der Waals surface area contributed by atoms with Gasteiger partial charge in [0.05, 0.1) is 0 Å². The largest absolute Gasteiger partial charge is 0.508 e. The zero-order chi connectivity index (χ0) is 24.1. The van der Waals surface area contributed by atoms with Crippen molar-refractivity contribution in [3.63, 3.8) is 0 Å². The number of ether oxygens (including phenoxy) is 1. The number of hydrogen-bond donors (Lipinski definition) is 3. The number of aromatic hydroxyl groups is 1. The van der Waals surface area contributed by atoms with Crippen molar-refractivity contribution in [2.24, 2.45) is 11.8 Å². The molecule has 0 saturated heterocycles. The average molecular weight is 448 g/mol. The van der Waals surface area contributed by atoms with Gasteiger partial charge in [0.1, 0.15) is 17.1 Å². The van der Waals surface area contributed by atoms with Crippen molar-refractivity contribution in [2.45, 2.75) is 110 Å². The van der Waals surface area contributed by atoms with Crippen LogP contribution in [0.15, 0.2) is 12.1 Å². The molecule has 3 rings (SSSR count). The molecule has 5 atom stereocenters. The Morgan fingerprint density at radius 2 is 1.91 bits per heavy atom. The molecule has 32 heavy (non-hydrogen) atoms. The molecule has 1 fully saturated rings. The Labute approximate surface area is 195 Å². The molecule has 3 N–H and O–H groups in total. The molecule has 1 aliphatic heterocycles. The Hall–Kier alpha value is -1.75. The van der Waals surface area contributed by atoms with Gasteiger partial charge in [-0.15, -0.1) is 0 Å². The molecule has 0 spiro atoms. The lowest BCUT2D eigenvalue weighted by molar-refractivity contribution is -0.134. The standard InChI is InChI=1S/C25H41NO2.C2H4O2/c1-7-8-9-10-16(2)17(3)18-13-22(27)24-20-15-19(26-6)11-12-21(20)25(4,5)28-23(24)14-18;1-2(3)4/h13-14,16-17,19-21,26-27H,7-12,15H2,1-6H3;1H3,(H,3,4)/t16?,17?,19?,20-,21+;/m1./s1. The van der Waals surface area contributed by atoms with Gasteiger partial charge in [-0.1, -0.05) is 46.5 Å². The number of unbranched alkanes of at least 4 members (excludes halogenated alkanes) is 2. The van der Waals surface area contributed by atoms with E-state index in [0.717, 1.165) is 31.1 Å². The van der Waals surface area contributed by atoms with Gasteiger partial charge in [-0.2, -0.15) is 0 Å². The van der Waals surface area contributed by atoms with Crippen molar-refractivity contribution in [1.29, 1.82) is 0 Å². The zero-order valence-corrected chi connectivity index (χ0v) is 21.2. The van der Waals surface area contributed by atoms with E-state index in [1.165, 1.54) is 37.7 Å². The smallest absolute Gasteiger partial charge is 0.300 e. The molecule has 0 aromatic heterocycles. The van der Waals surface area contributed by atoms with Crippen LogP contribution in [-0.2, 0) is 4.79 Å². The molecule has 2 aliphatic rings. The highest BCUT2D eigenvalue weighted by molar-refractivity contribution is 5.63. The molecule has 1 aromatic rings. The minimum absolute atomic E-state index is 0.183. The van der Waals surface area contributed by atoms with E-state index in [2.05, 4.69) is 53.0 Å². The Bertz CT molecular complexity index is 756. The van der Waals surface area contributed by atoms with E-state index >= 15 is 0 Å². The number of carbonyl (C=O) groups is 1. The predicted molar refractivity (Wildman–Crippen MR) is 131 cm³/mol. The zero-order valence-electron chi connectivity index (χ0n) is 21.2. The van der Waals surface area contributed by atoms with E-state index in [1.807, 2.05) is 6.07 Å². The maximum Gasteiger partial charge on any atom is 0.300 e. The second-order valence-corrected chi connectivity index (χ2v) is 10.4. The lowest BCUT2D eigenvalue weighted by Gasteiger charge is -2.49. The molecule has 1 saturated carbocycles. The van der Waals surface area contributed by atoms with Crippen LogP contribution in [-0.4, -0.2) is 34.9 Å². The third-order valence-electron chi connectivity index (χ3n) is 7.68. The van der Waals surface area contributed by atoms with Crippen LogP contribution >= 0.6 is 0 Å². The Morgan fingerprint density at radius 1 is 1.25 bits per heavy atom. The first-order valence-corrected chi connectivity index (χ1v) is 12.4. The van der Waals surface area contributed by atoms with E-state index in [0.29, 0.717) is 35.5 Å². The van der Waals surface area contributed by atoms with Crippen LogP contribution < -0.4 is 10.1 Å². The van der Waals surface area contributed by atoms with Gasteiger partial charge in [0.2, 0.25) is 0 Å². The fourth-order valence-corrected chi connectivity index (χ4v) is 5.59. The van der Waals surface area contributed by atoms with Crippen molar-refractivity contribution >= 4 is 5.97 Å². The van der Waals surface area contributed by atoms with Crippen LogP contribution in [0.5, 0.6) is 11.5 Å². The summed E-state index contributed by atoms with van der Waals surface area (Å²) in [4.78, 5) is 9.00. The van der Waals surface area contributed by atoms with Crippen molar-refractivity contribution < 1.29 is 19.7 Å². The Balaban J connectivity index is 0.000000837. The van der Waals surface area contributed by atoms with Crippen molar-refractivity contribution in [1.82, 2.24) is 5.32 Å². The second kappa shape index (κ2) is 11.4. The van der Waals surface area contributed by atoms with Crippen LogP contribution in [0.25, 0.3) is 0 Å². The number of nitrogens with one attached hydrogen (secondary N) is 1. The summed E-state index contributed by atoms with van der Waals surface area (Å²) in [5, 5.41) is 21.9. The van der Waals surface area contributed by atoms with Crippen LogP contribution in [0, 0.1) is 11.8 Å². The fourth-order valence-electron chi connectivity index (χ4n) is 5.59. The van der Waals surface area contributed by atoms with Gasteiger partial charge in [0.15, 0.2) is 0 Å². The van der Waals surface area contributed by atoms with Gasteiger partial charge >= 0.3 is 0 Å². The minimum atomic E-state index is -0.833. The highest BCUT2D eigenvalue weighted by Gasteiger charge is 2.47. The van der Waals surface area contributed by atoms with Crippen molar-refractivity contribution in [2.75, 3.05) is 7.05 Å². The number of carboxylic acids is 1. The van der Waals surface area contributed by atoms with E-state index in [-0.39, 0.29) is 5.60 Å².